The molecule has 2 heterocycles. The maximum Gasteiger partial charge on any atom is 0.143 e. The molecular weight excluding hydrogens is 378 g/mol. The Kier molecular flexibility index (Phi) is 5.49. The van der Waals surface area contributed by atoms with E-state index in [0.29, 0.717) is 12.5 Å². The molecule has 0 atom stereocenters. The van der Waals surface area contributed by atoms with Crippen LogP contribution in [0.15, 0.2) is 54.9 Å². The minimum Gasteiger partial charge on any atom is -0.494 e. The number of nitrogens with zero attached hydrogens (tertiary/aromatic N) is 2. The number of benzene rings is 2. The van der Waals surface area contributed by atoms with Crippen LogP contribution in [0.3, 0.4) is 0 Å². The second-order valence-corrected chi connectivity index (χ2v) is 8.50. The maximum atomic E-state index is 5.59. The van der Waals surface area contributed by atoms with Crippen molar-refractivity contribution in [2.75, 3.05) is 11.9 Å². The van der Waals surface area contributed by atoms with Gasteiger partial charge in [-0.25, -0.2) is 9.97 Å². The molecule has 2 aromatic carbocycles. The van der Waals surface area contributed by atoms with Gasteiger partial charge in [-0.15, -0.1) is 11.3 Å². The lowest BCUT2D eigenvalue weighted by Gasteiger charge is -2.11. The van der Waals surface area contributed by atoms with Crippen LogP contribution in [0.4, 0.5) is 11.5 Å². The molecule has 0 amide bonds. The summed E-state index contributed by atoms with van der Waals surface area (Å²) in [5.74, 6) is 2.23. The first-order chi connectivity index (χ1) is 14.1. The zero-order valence-electron chi connectivity index (χ0n) is 17.2. The first kappa shape index (κ1) is 19.4. The SMILES string of the molecule is CCOc1ccc(-c2c(C)sc3ncnc(Nc4ccc(C(C)C)cc4)c23)cc1. The fourth-order valence-corrected chi connectivity index (χ4v) is 4.47. The van der Waals surface area contributed by atoms with Crippen molar-refractivity contribution in [2.24, 2.45) is 0 Å². The van der Waals surface area contributed by atoms with Crippen molar-refractivity contribution in [1.82, 2.24) is 9.97 Å². The largest absolute Gasteiger partial charge is 0.494 e. The van der Waals surface area contributed by atoms with E-state index in [1.807, 2.05) is 19.1 Å². The van der Waals surface area contributed by atoms with E-state index in [0.717, 1.165) is 33.0 Å². The Bertz CT molecular complexity index is 1120. The predicted octanol–water partition coefficient (Wildman–Crippen LogP) is 6.93. The summed E-state index contributed by atoms with van der Waals surface area (Å²) in [4.78, 5) is 11.3. The van der Waals surface area contributed by atoms with Gasteiger partial charge in [-0.3, -0.25) is 0 Å². The number of fused-ring (bicyclic) bond motifs is 1. The fourth-order valence-electron chi connectivity index (χ4n) is 3.46. The number of aryl methyl sites for hydroxylation is 1. The molecule has 148 valence electrons. The number of hydrogen-bond donors (Lipinski definition) is 1. The number of hydrogen-bond acceptors (Lipinski definition) is 5. The zero-order valence-corrected chi connectivity index (χ0v) is 18.0. The Morgan fingerprint density at radius 2 is 1.72 bits per heavy atom. The summed E-state index contributed by atoms with van der Waals surface area (Å²) < 4.78 is 5.59. The Morgan fingerprint density at radius 1 is 1.00 bits per heavy atom. The summed E-state index contributed by atoms with van der Waals surface area (Å²) in [5.41, 5.74) is 4.67. The minimum atomic E-state index is 0.514. The predicted molar refractivity (Wildman–Crippen MR) is 123 cm³/mol. The third-order valence-electron chi connectivity index (χ3n) is 4.96. The molecule has 0 radical (unpaired) electrons. The van der Waals surface area contributed by atoms with E-state index in [4.69, 9.17) is 4.74 Å². The average Bonchev–Trinajstić information content (AvgIpc) is 3.06. The summed E-state index contributed by atoms with van der Waals surface area (Å²) >= 11 is 1.70. The van der Waals surface area contributed by atoms with Crippen molar-refractivity contribution in [3.8, 4) is 16.9 Å². The molecule has 2 aromatic heterocycles. The van der Waals surface area contributed by atoms with E-state index in [2.05, 4.69) is 72.5 Å². The van der Waals surface area contributed by atoms with Gasteiger partial charge in [0.05, 0.1) is 12.0 Å². The van der Waals surface area contributed by atoms with E-state index < -0.39 is 0 Å². The lowest BCUT2D eigenvalue weighted by atomic mass is 10.0. The van der Waals surface area contributed by atoms with Crippen LogP contribution in [-0.2, 0) is 0 Å². The van der Waals surface area contributed by atoms with Crippen molar-refractivity contribution >= 4 is 33.1 Å². The van der Waals surface area contributed by atoms with Crippen LogP contribution in [-0.4, -0.2) is 16.6 Å². The first-order valence-electron chi connectivity index (χ1n) is 9.91. The summed E-state index contributed by atoms with van der Waals surface area (Å²) in [6.07, 6.45) is 1.63. The lowest BCUT2D eigenvalue weighted by Crippen LogP contribution is -1.96. The van der Waals surface area contributed by atoms with Crippen LogP contribution in [0, 0.1) is 6.92 Å². The second kappa shape index (κ2) is 8.21. The monoisotopic (exact) mass is 403 g/mol. The van der Waals surface area contributed by atoms with Gasteiger partial charge in [-0.1, -0.05) is 38.1 Å². The van der Waals surface area contributed by atoms with Crippen LogP contribution in [0.5, 0.6) is 5.75 Å². The third-order valence-corrected chi connectivity index (χ3v) is 5.97. The Balaban J connectivity index is 1.75. The Morgan fingerprint density at radius 3 is 2.38 bits per heavy atom. The number of nitrogens with one attached hydrogen (secondary N) is 1. The summed E-state index contributed by atoms with van der Waals surface area (Å²) in [6, 6.07) is 16.8. The number of anilines is 2. The van der Waals surface area contributed by atoms with Crippen molar-refractivity contribution in [1.29, 1.82) is 0 Å². The number of thiophene rings is 1. The Hall–Kier alpha value is -2.92. The minimum absolute atomic E-state index is 0.514. The molecule has 1 N–H and O–H groups in total. The first-order valence-corrected chi connectivity index (χ1v) is 10.7. The van der Waals surface area contributed by atoms with Crippen LogP contribution in [0.25, 0.3) is 21.3 Å². The van der Waals surface area contributed by atoms with Gasteiger partial charge in [0, 0.05) is 16.1 Å². The normalized spacial score (nSPS) is 11.2. The third kappa shape index (κ3) is 3.96. The van der Waals surface area contributed by atoms with E-state index in [-0.39, 0.29) is 0 Å². The molecule has 0 aliphatic heterocycles. The molecule has 5 heteroatoms. The highest BCUT2D eigenvalue weighted by atomic mass is 32.1. The van der Waals surface area contributed by atoms with Gasteiger partial charge < -0.3 is 10.1 Å². The van der Waals surface area contributed by atoms with E-state index in [1.54, 1.807) is 17.7 Å². The molecule has 0 unspecified atom stereocenters. The standard InChI is InChI=1S/C24H25N3OS/c1-5-28-20-12-8-18(9-13-20)21-16(4)29-24-22(21)23(25-14-26-24)27-19-10-6-17(7-11-19)15(2)3/h6-15H,5H2,1-4H3,(H,25,26,27). The molecule has 0 fully saturated rings. The molecule has 0 bridgehead atoms. The smallest absolute Gasteiger partial charge is 0.143 e. The summed E-state index contributed by atoms with van der Waals surface area (Å²) in [7, 11) is 0. The number of aromatic nitrogens is 2. The van der Waals surface area contributed by atoms with Gasteiger partial charge in [0.2, 0.25) is 0 Å². The Labute approximate surface area is 175 Å². The molecule has 0 saturated heterocycles. The molecule has 0 saturated carbocycles. The molecule has 4 nitrogen and oxygen atoms in total. The highest BCUT2D eigenvalue weighted by Crippen LogP contribution is 2.41. The molecule has 4 aromatic rings. The summed E-state index contributed by atoms with van der Waals surface area (Å²) in [6.45, 7) is 9.20. The highest BCUT2D eigenvalue weighted by molar-refractivity contribution is 7.19. The number of rotatable bonds is 6. The van der Waals surface area contributed by atoms with Gasteiger partial charge in [0.1, 0.15) is 22.7 Å². The molecular formula is C24H25N3OS. The van der Waals surface area contributed by atoms with Crippen LogP contribution in [0.2, 0.25) is 0 Å². The maximum absolute atomic E-state index is 5.59. The molecule has 4 rings (SSSR count). The molecule has 0 spiro atoms. The van der Waals surface area contributed by atoms with Crippen LogP contribution in [0.1, 0.15) is 37.1 Å². The van der Waals surface area contributed by atoms with Gasteiger partial charge in [-0.05, 0) is 55.2 Å². The van der Waals surface area contributed by atoms with Gasteiger partial charge in [0.25, 0.3) is 0 Å². The van der Waals surface area contributed by atoms with Gasteiger partial charge in [0.15, 0.2) is 0 Å². The van der Waals surface area contributed by atoms with Gasteiger partial charge >= 0.3 is 0 Å². The van der Waals surface area contributed by atoms with E-state index in [1.165, 1.54) is 16.0 Å². The van der Waals surface area contributed by atoms with Crippen molar-refractivity contribution < 1.29 is 4.74 Å². The van der Waals surface area contributed by atoms with Gasteiger partial charge in [-0.2, -0.15) is 0 Å². The molecule has 0 aliphatic carbocycles. The quantitative estimate of drug-likeness (QED) is 0.379. The lowest BCUT2D eigenvalue weighted by molar-refractivity contribution is 0.340. The van der Waals surface area contributed by atoms with E-state index in [9.17, 15) is 0 Å². The van der Waals surface area contributed by atoms with Crippen molar-refractivity contribution in [2.45, 2.75) is 33.6 Å². The average molecular weight is 404 g/mol. The fraction of sp³-hybridized carbons (Fsp3) is 0.250. The molecule has 29 heavy (non-hydrogen) atoms. The van der Waals surface area contributed by atoms with Crippen LogP contribution >= 0.6 is 11.3 Å². The van der Waals surface area contributed by atoms with Crippen LogP contribution < -0.4 is 10.1 Å². The summed E-state index contributed by atoms with van der Waals surface area (Å²) in [5, 5.41) is 4.56. The topological polar surface area (TPSA) is 47.0 Å². The zero-order chi connectivity index (χ0) is 20.4. The van der Waals surface area contributed by atoms with Crippen molar-refractivity contribution in [3.63, 3.8) is 0 Å². The second-order valence-electron chi connectivity index (χ2n) is 7.29. The highest BCUT2D eigenvalue weighted by Gasteiger charge is 2.17. The molecule has 0 aliphatic rings. The van der Waals surface area contributed by atoms with Crippen molar-refractivity contribution in [3.05, 3.63) is 65.3 Å². The van der Waals surface area contributed by atoms with E-state index >= 15 is 0 Å². The number of ether oxygens (including phenoxy) is 1.